The lowest BCUT2D eigenvalue weighted by atomic mass is 10.0. The topological polar surface area (TPSA) is 99.6 Å². The zero-order valence-electron chi connectivity index (χ0n) is 18.0. The number of nitrogens with zero attached hydrogens (tertiary/aromatic N) is 2. The summed E-state index contributed by atoms with van der Waals surface area (Å²) in [4.78, 5) is 41.5. The molecule has 2 unspecified atom stereocenters. The van der Waals surface area contributed by atoms with Crippen molar-refractivity contribution in [3.63, 3.8) is 0 Å². The number of likely N-dealkylation sites (tertiary alicyclic amines) is 1. The normalized spacial score (nSPS) is 16.4. The Morgan fingerprint density at radius 3 is 2.58 bits per heavy atom. The van der Waals surface area contributed by atoms with E-state index in [2.05, 4.69) is 22.4 Å². The highest BCUT2D eigenvalue weighted by atomic mass is 32.1. The van der Waals surface area contributed by atoms with E-state index in [1.807, 2.05) is 47.4 Å². The molecule has 2 N–H and O–H groups in total. The monoisotopic (exact) mass is 463 g/mol. The molecule has 0 bridgehead atoms. The van der Waals surface area contributed by atoms with Gasteiger partial charge in [-0.1, -0.05) is 54.6 Å². The van der Waals surface area contributed by atoms with Crippen LogP contribution < -0.4 is 5.32 Å². The molecule has 3 aromatic rings. The Balaban J connectivity index is 1.41. The van der Waals surface area contributed by atoms with Gasteiger partial charge >= 0.3 is 5.97 Å². The molecular formula is C25H25N3O4S. The molecule has 1 saturated heterocycles. The second-order valence-corrected chi connectivity index (χ2v) is 8.93. The fraction of sp³-hybridized carbons (Fsp3) is 0.280. The number of amides is 2. The quantitative estimate of drug-likeness (QED) is 0.474. The van der Waals surface area contributed by atoms with E-state index in [0.717, 1.165) is 34.5 Å². The Kier molecular flexibility index (Phi) is 7.14. The number of thiazole rings is 1. The third kappa shape index (κ3) is 5.46. The van der Waals surface area contributed by atoms with E-state index in [1.54, 1.807) is 5.38 Å². The molecule has 2 amide bonds. The Bertz CT molecular complexity index is 1110. The van der Waals surface area contributed by atoms with Crippen LogP contribution in [0.2, 0.25) is 0 Å². The van der Waals surface area contributed by atoms with Crippen LogP contribution in [-0.2, 0) is 27.2 Å². The summed E-state index contributed by atoms with van der Waals surface area (Å²) in [5, 5.41) is 14.1. The van der Waals surface area contributed by atoms with Crippen molar-refractivity contribution in [3.05, 3.63) is 76.2 Å². The van der Waals surface area contributed by atoms with Crippen LogP contribution in [0.15, 0.2) is 60.0 Å². The summed E-state index contributed by atoms with van der Waals surface area (Å²) in [6, 6.07) is 17.1. The Hall–Kier alpha value is -3.52. The average Bonchev–Trinajstić information content (AvgIpc) is 3.49. The Morgan fingerprint density at radius 2 is 1.88 bits per heavy atom. The number of aromatic nitrogens is 1. The predicted octanol–water partition coefficient (Wildman–Crippen LogP) is 3.46. The molecule has 0 spiro atoms. The fourth-order valence-electron chi connectivity index (χ4n) is 4.12. The first-order valence-corrected chi connectivity index (χ1v) is 11.7. The number of benzene rings is 2. The zero-order chi connectivity index (χ0) is 23.2. The molecule has 33 heavy (non-hydrogen) atoms. The van der Waals surface area contributed by atoms with Gasteiger partial charge in [0.05, 0.1) is 18.2 Å². The van der Waals surface area contributed by atoms with E-state index >= 15 is 0 Å². The maximum Gasteiger partial charge on any atom is 0.326 e. The molecule has 0 aliphatic carbocycles. The lowest BCUT2D eigenvalue weighted by molar-refractivity contribution is -0.140. The van der Waals surface area contributed by atoms with Crippen molar-refractivity contribution >= 4 is 29.6 Å². The van der Waals surface area contributed by atoms with E-state index in [0.29, 0.717) is 25.1 Å². The van der Waals surface area contributed by atoms with Gasteiger partial charge in [0.25, 0.3) is 0 Å². The molecule has 1 aliphatic rings. The lowest BCUT2D eigenvalue weighted by Gasteiger charge is -2.23. The van der Waals surface area contributed by atoms with Crippen LogP contribution in [0, 0.1) is 0 Å². The number of carboxylic acid groups (broad SMARTS) is 1. The van der Waals surface area contributed by atoms with Crippen LogP contribution >= 0.6 is 11.3 Å². The highest BCUT2D eigenvalue weighted by Crippen LogP contribution is 2.34. The number of carboxylic acids is 1. The first-order valence-electron chi connectivity index (χ1n) is 10.9. The third-order valence-electron chi connectivity index (χ3n) is 5.82. The summed E-state index contributed by atoms with van der Waals surface area (Å²) in [7, 11) is 0. The average molecular weight is 464 g/mol. The molecule has 1 aliphatic heterocycles. The van der Waals surface area contributed by atoms with Crippen LogP contribution in [-0.4, -0.2) is 45.9 Å². The number of hydrogen-bond acceptors (Lipinski definition) is 5. The number of nitrogens with one attached hydrogen (secondary N) is 1. The van der Waals surface area contributed by atoms with Gasteiger partial charge in [-0.3, -0.25) is 9.59 Å². The molecule has 2 aromatic carbocycles. The smallest absolute Gasteiger partial charge is 0.326 e. The maximum absolute atomic E-state index is 13.1. The molecule has 2 heterocycles. The first-order chi connectivity index (χ1) is 16.0. The Morgan fingerprint density at radius 1 is 1.15 bits per heavy atom. The van der Waals surface area contributed by atoms with E-state index in [1.165, 1.54) is 11.3 Å². The molecule has 1 fully saturated rings. The molecule has 1 aromatic heterocycles. The third-order valence-corrected chi connectivity index (χ3v) is 6.82. The Labute approximate surface area is 196 Å². The van der Waals surface area contributed by atoms with E-state index in [9.17, 15) is 19.5 Å². The van der Waals surface area contributed by atoms with Gasteiger partial charge in [-0.05, 0) is 29.5 Å². The number of rotatable bonds is 9. The molecular weight excluding hydrogens is 438 g/mol. The van der Waals surface area contributed by atoms with Gasteiger partial charge in [-0.15, -0.1) is 11.3 Å². The molecule has 4 rings (SSSR count). The van der Waals surface area contributed by atoms with Gasteiger partial charge < -0.3 is 15.3 Å². The summed E-state index contributed by atoms with van der Waals surface area (Å²) in [5.41, 5.74) is 3.83. The van der Waals surface area contributed by atoms with Crippen LogP contribution in [0.25, 0.3) is 11.1 Å². The molecule has 170 valence electrons. The molecule has 8 heteroatoms. The molecule has 7 nitrogen and oxygen atoms in total. The van der Waals surface area contributed by atoms with E-state index in [-0.39, 0.29) is 18.4 Å². The maximum atomic E-state index is 13.1. The first kappa shape index (κ1) is 22.7. The van der Waals surface area contributed by atoms with Crippen molar-refractivity contribution in [1.29, 1.82) is 0 Å². The molecule has 2 atom stereocenters. The standard InChI is InChI=1S/C25H25N3O4S/c29-16-26-21(25(31)32)14-20-15-33-24(27-20)22-7-4-12-28(22)23(30)13-17-8-10-19(11-9-17)18-5-2-1-3-6-18/h1-3,5-6,8-11,15-16,21-22H,4,7,12-14H2,(H,26,29)(H,31,32). The zero-order valence-corrected chi connectivity index (χ0v) is 18.8. The number of carbonyl (C=O) groups is 3. The largest absolute Gasteiger partial charge is 0.480 e. The van der Waals surface area contributed by atoms with Gasteiger partial charge in [0, 0.05) is 18.3 Å². The highest BCUT2D eigenvalue weighted by Gasteiger charge is 2.32. The summed E-state index contributed by atoms with van der Waals surface area (Å²) in [5.74, 6) is -1.04. The minimum absolute atomic E-state index is 0.0627. The van der Waals surface area contributed by atoms with Crippen LogP contribution in [0.4, 0.5) is 0 Å². The predicted molar refractivity (Wildman–Crippen MR) is 126 cm³/mol. The van der Waals surface area contributed by atoms with Gasteiger partial charge in [0.2, 0.25) is 12.3 Å². The van der Waals surface area contributed by atoms with Crippen molar-refractivity contribution < 1.29 is 19.5 Å². The van der Waals surface area contributed by atoms with Gasteiger partial charge in [0.15, 0.2) is 0 Å². The summed E-state index contributed by atoms with van der Waals surface area (Å²) in [6.07, 6.45) is 2.56. The van der Waals surface area contributed by atoms with Gasteiger partial charge in [-0.2, -0.15) is 0 Å². The molecule has 0 radical (unpaired) electrons. The van der Waals surface area contributed by atoms with Gasteiger partial charge in [0.1, 0.15) is 11.0 Å². The second-order valence-electron chi connectivity index (χ2n) is 8.04. The lowest BCUT2D eigenvalue weighted by Crippen LogP contribution is -2.37. The van der Waals surface area contributed by atoms with Crippen molar-refractivity contribution in [2.45, 2.75) is 37.8 Å². The van der Waals surface area contributed by atoms with Crippen molar-refractivity contribution in [2.75, 3.05) is 6.54 Å². The van der Waals surface area contributed by atoms with Crippen molar-refractivity contribution in [2.24, 2.45) is 0 Å². The van der Waals surface area contributed by atoms with Gasteiger partial charge in [-0.25, -0.2) is 9.78 Å². The SMILES string of the molecule is O=CNC(Cc1csc(C2CCCN2C(=O)Cc2ccc(-c3ccccc3)cc2)n1)C(=O)O. The minimum Gasteiger partial charge on any atom is -0.480 e. The second kappa shape index (κ2) is 10.4. The summed E-state index contributed by atoms with van der Waals surface area (Å²) < 4.78 is 0. The number of aliphatic carboxylic acids is 1. The number of hydrogen-bond donors (Lipinski definition) is 2. The number of carbonyl (C=O) groups excluding carboxylic acids is 2. The highest BCUT2D eigenvalue weighted by molar-refractivity contribution is 7.09. The molecule has 0 saturated carbocycles. The van der Waals surface area contributed by atoms with E-state index < -0.39 is 12.0 Å². The minimum atomic E-state index is -1.10. The summed E-state index contributed by atoms with van der Waals surface area (Å²) >= 11 is 1.43. The van der Waals surface area contributed by atoms with Crippen LogP contribution in [0.1, 0.15) is 35.1 Å². The van der Waals surface area contributed by atoms with Crippen LogP contribution in [0.3, 0.4) is 0 Å². The van der Waals surface area contributed by atoms with Crippen molar-refractivity contribution in [3.8, 4) is 11.1 Å². The van der Waals surface area contributed by atoms with Crippen LogP contribution in [0.5, 0.6) is 0 Å². The van der Waals surface area contributed by atoms with Crippen molar-refractivity contribution in [1.82, 2.24) is 15.2 Å². The summed E-state index contributed by atoms with van der Waals surface area (Å²) in [6.45, 7) is 0.685. The fourth-order valence-corrected chi connectivity index (χ4v) is 5.10. The van der Waals surface area contributed by atoms with E-state index in [4.69, 9.17) is 0 Å².